The summed E-state index contributed by atoms with van der Waals surface area (Å²) in [6.07, 6.45) is -1.64. The first-order valence-corrected chi connectivity index (χ1v) is 15.6. The smallest absolute Gasteiger partial charge is 0.330 e. The van der Waals surface area contributed by atoms with Gasteiger partial charge in [-0.15, -0.1) is 0 Å². The molecule has 13 heteroatoms. The number of fused-ring (bicyclic) bond motifs is 1. The maximum atomic E-state index is 14.3. The Balaban J connectivity index is 1.50. The molecule has 0 bridgehead atoms. The zero-order valence-electron chi connectivity index (χ0n) is 28.8. The molecular weight excluding hydrogens is 652 g/mol. The normalized spacial score (nSPS) is 20.4. The van der Waals surface area contributed by atoms with E-state index >= 15 is 0 Å². The zero-order chi connectivity index (χ0) is 35.8. The SMILES string of the molecule is COc1ccc(/C=C/C(=O)OC[C@H]2O[C@@H](Oc3c(-c4ccc(OC)cc4)oc4cc(OC)cc(OC)c4c3=O)C(OC)C(OC)[C@@H]2OC)cc1. The number of ether oxygens (including phenoxy) is 10. The van der Waals surface area contributed by atoms with Gasteiger partial charge in [-0.3, -0.25) is 4.79 Å². The van der Waals surface area contributed by atoms with Crippen LogP contribution in [0.4, 0.5) is 0 Å². The van der Waals surface area contributed by atoms with Gasteiger partial charge in [-0.25, -0.2) is 4.79 Å². The third-order valence-corrected chi connectivity index (χ3v) is 8.26. The van der Waals surface area contributed by atoms with Crippen molar-refractivity contribution < 1.29 is 56.6 Å². The Morgan fingerprint density at radius 3 is 1.94 bits per heavy atom. The monoisotopic (exact) mass is 692 g/mol. The molecule has 50 heavy (non-hydrogen) atoms. The maximum Gasteiger partial charge on any atom is 0.330 e. The van der Waals surface area contributed by atoms with E-state index in [0.717, 1.165) is 5.56 Å². The van der Waals surface area contributed by atoms with Gasteiger partial charge in [-0.2, -0.15) is 0 Å². The summed E-state index contributed by atoms with van der Waals surface area (Å²) in [5, 5.41) is 0.123. The van der Waals surface area contributed by atoms with E-state index in [9.17, 15) is 9.59 Å². The molecule has 1 fully saturated rings. The van der Waals surface area contributed by atoms with Crippen LogP contribution in [0.2, 0.25) is 0 Å². The Labute approximate surface area is 289 Å². The zero-order valence-corrected chi connectivity index (χ0v) is 28.8. The van der Waals surface area contributed by atoms with Gasteiger partial charge in [0.05, 0.1) is 28.4 Å². The highest BCUT2D eigenvalue weighted by Crippen LogP contribution is 2.38. The van der Waals surface area contributed by atoms with Crippen molar-refractivity contribution in [3.8, 4) is 40.1 Å². The second-order valence-corrected chi connectivity index (χ2v) is 11.0. The van der Waals surface area contributed by atoms with Gasteiger partial charge in [0, 0.05) is 45.1 Å². The molecule has 5 rings (SSSR count). The van der Waals surface area contributed by atoms with Crippen LogP contribution in [-0.2, 0) is 28.5 Å². The molecular formula is C37H40O13. The van der Waals surface area contributed by atoms with Crippen molar-refractivity contribution in [2.45, 2.75) is 30.7 Å². The van der Waals surface area contributed by atoms with E-state index in [-0.39, 0.29) is 34.8 Å². The van der Waals surface area contributed by atoms with Gasteiger partial charge >= 0.3 is 5.97 Å². The summed E-state index contributed by atoms with van der Waals surface area (Å²) in [5.74, 6) is 1.25. The van der Waals surface area contributed by atoms with Gasteiger partial charge in [0.25, 0.3) is 0 Å². The average molecular weight is 693 g/mol. The Bertz CT molecular complexity index is 1830. The number of hydrogen-bond acceptors (Lipinski definition) is 13. The van der Waals surface area contributed by atoms with Crippen molar-refractivity contribution in [2.24, 2.45) is 0 Å². The number of benzene rings is 3. The fourth-order valence-electron chi connectivity index (χ4n) is 5.68. The summed E-state index contributed by atoms with van der Waals surface area (Å²) in [7, 11) is 10.5. The minimum absolute atomic E-state index is 0.105. The largest absolute Gasteiger partial charge is 0.497 e. The summed E-state index contributed by atoms with van der Waals surface area (Å²) in [4.78, 5) is 27.1. The summed E-state index contributed by atoms with van der Waals surface area (Å²) < 4.78 is 63.4. The van der Waals surface area contributed by atoms with Crippen molar-refractivity contribution >= 4 is 23.0 Å². The molecule has 2 heterocycles. The van der Waals surface area contributed by atoms with Gasteiger partial charge < -0.3 is 51.8 Å². The fraction of sp³-hybridized carbons (Fsp3) is 0.351. The highest BCUT2D eigenvalue weighted by Gasteiger charge is 2.49. The number of carbonyl (C=O) groups excluding carboxylic acids is 1. The van der Waals surface area contributed by atoms with Crippen LogP contribution < -0.4 is 29.1 Å². The summed E-state index contributed by atoms with van der Waals surface area (Å²) in [6, 6.07) is 17.2. The van der Waals surface area contributed by atoms with Crippen molar-refractivity contribution in [3.05, 3.63) is 82.5 Å². The van der Waals surface area contributed by atoms with Crippen LogP contribution in [0.3, 0.4) is 0 Å². The first kappa shape index (κ1) is 36.2. The van der Waals surface area contributed by atoms with Crippen LogP contribution in [0.15, 0.2) is 76.0 Å². The molecule has 0 amide bonds. The average Bonchev–Trinajstić information content (AvgIpc) is 3.16. The van der Waals surface area contributed by atoms with Crippen molar-refractivity contribution in [3.63, 3.8) is 0 Å². The molecule has 1 aliphatic rings. The lowest BCUT2D eigenvalue weighted by Crippen LogP contribution is -2.62. The van der Waals surface area contributed by atoms with Gasteiger partial charge in [0.15, 0.2) is 5.76 Å². The van der Waals surface area contributed by atoms with Crippen LogP contribution >= 0.6 is 0 Å². The number of esters is 1. The third-order valence-electron chi connectivity index (χ3n) is 8.26. The van der Waals surface area contributed by atoms with Gasteiger partial charge in [0.2, 0.25) is 17.5 Å². The molecule has 0 spiro atoms. The van der Waals surface area contributed by atoms with Crippen LogP contribution in [0, 0.1) is 0 Å². The lowest BCUT2D eigenvalue weighted by atomic mass is 9.98. The highest BCUT2D eigenvalue weighted by molar-refractivity contribution is 5.89. The van der Waals surface area contributed by atoms with Crippen LogP contribution in [0.1, 0.15) is 5.56 Å². The molecule has 266 valence electrons. The van der Waals surface area contributed by atoms with Gasteiger partial charge in [0.1, 0.15) is 65.0 Å². The van der Waals surface area contributed by atoms with Crippen molar-refractivity contribution in [2.75, 3.05) is 56.4 Å². The molecule has 3 aromatic carbocycles. The molecule has 2 unspecified atom stereocenters. The number of carbonyl (C=O) groups is 1. The van der Waals surface area contributed by atoms with Gasteiger partial charge in [-0.1, -0.05) is 12.1 Å². The fourth-order valence-corrected chi connectivity index (χ4v) is 5.68. The Kier molecular flexibility index (Phi) is 12.0. The summed E-state index contributed by atoms with van der Waals surface area (Å²) >= 11 is 0. The number of hydrogen-bond donors (Lipinski definition) is 0. The van der Waals surface area contributed by atoms with Crippen molar-refractivity contribution in [1.82, 2.24) is 0 Å². The van der Waals surface area contributed by atoms with Crippen LogP contribution in [0.5, 0.6) is 28.7 Å². The van der Waals surface area contributed by atoms with E-state index in [4.69, 9.17) is 51.8 Å². The number of rotatable bonds is 14. The molecule has 1 aliphatic heterocycles. The lowest BCUT2D eigenvalue weighted by molar-refractivity contribution is -0.292. The maximum absolute atomic E-state index is 14.3. The van der Waals surface area contributed by atoms with Crippen LogP contribution in [0.25, 0.3) is 28.4 Å². The van der Waals surface area contributed by atoms with E-state index in [1.807, 2.05) is 0 Å². The number of methoxy groups -OCH3 is 7. The lowest BCUT2D eigenvalue weighted by Gasteiger charge is -2.44. The molecule has 13 nitrogen and oxygen atoms in total. The van der Waals surface area contributed by atoms with Gasteiger partial charge in [-0.05, 0) is 48.0 Å². The molecule has 5 atom stereocenters. The minimum Gasteiger partial charge on any atom is -0.497 e. The van der Waals surface area contributed by atoms with E-state index in [1.54, 1.807) is 81.0 Å². The first-order valence-electron chi connectivity index (χ1n) is 15.6. The van der Waals surface area contributed by atoms with Crippen molar-refractivity contribution in [1.29, 1.82) is 0 Å². The van der Waals surface area contributed by atoms with E-state index in [1.165, 1.54) is 41.6 Å². The Hall–Kier alpha value is -5.08. The topological polar surface area (TPSA) is 140 Å². The molecule has 0 N–H and O–H groups in total. The molecule has 4 aromatic rings. The quantitative estimate of drug-likeness (QED) is 0.131. The predicted molar refractivity (Wildman–Crippen MR) is 182 cm³/mol. The first-order chi connectivity index (χ1) is 24.3. The second-order valence-electron chi connectivity index (χ2n) is 11.0. The molecule has 1 saturated heterocycles. The summed E-state index contributed by atoms with van der Waals surface area (Å²) in [6.45, 7) is -0.230. The second kappa shape index (κ2) is 16.5. The molecule has 0 saturated carbocycles. The van der Waals surface area contributed by atoms with E-state index in [0.29, 0.717) is 22.8 Å². The predicted octanol–water partition coefficient (Wildman–Crippen LogP) is 4.90. The standard InChI is InChI=1S/C37H40O13/c1-40-23-13-8-21(9-14-23)10-17-29(38)47-20-28-33(44-5)35(45-6)36(46-7)37(49-28)50-34-31(39)30-26(43-4)18-25(42-3)19-27(30)48-32(34)22-11-15-24(41-2)16-12-22/h8-19,28,33,35-37H,20H2,1-7H3/b17-10+/t28-,33-,35?,36?,37+/m1/s1. The Morgan fingerprint density at radius 2 is 1.36 bits per heavy atom. The minimum atomic E-state index is -1.25. The van der Waals surface area contributed by atoms with E-state index in [2.05, 4.69) is 0 Å². The molecule has 0 radical (unpaired) electrons. The summed E-state index contributed by atoms with van der Waals surface area (Å²) in [5.41, 5.74) is 0.959. The van der Waals surface area contributed by atoms with E-state index < -0.39 is 42.1 Å². The molecule has 1 aromatic heterocycles. The molecule has 0 aliphatic carbocycles. The Morgan fingerprint density at radius 1 is 0.740 bits per heavy atom. The van der Waals surface area contributed by atoms with Crippen LogP contribution in [-0.4, -0.2) is 93.1 Å². The highest BCUT2D eigenvalue weighted by atomic mass is 16.7. The third kappa shape index (κ3) is 7.71.